The van der Waals surface area contributed by atoms with Gasteiger partial charge in [-0.3, -0.25) is 14.4 Å². The Morgan fingerprint density at radius 2 is 1.64 bits per heavy atom. The Balaban J connectivity index is 1.67. The maximum atomic E-state index is 14.4. The molecule has 1 aromatic rings. The average Bonchev–Trinajstić information content (AvgIpc) is 3.58. The molecule has 5 amide bonds. The highest BCUT2D eigenvalue weighted by Crippen LogP contribution is 2.39. The highest BCUT2D eigenvalue weighted by molar-refractivity contribution is 6.30. The molecule has 0 spiro atoms. The lowest BCUT2D eigenvalue weighted by Crippen LogP contribution is -2.53. The summed E-state index contributed by atoms with van der Waals surface area (Å²) < 4.78 is 0. The van der Waals surface area contributed by atoms with Crippen molar-refractivity contribution >= 4 is 35.4 Å². The number of nitrogens with one attached hydrogen (secondary N) is 1. The minimum absolute atomic E-state index is 0.0438. The second-order valence-electron chi connectivity index (χ2n) is 13.4. The number of hydrogen-bond acceptors (Lipinski definition) is 5. The number of halogens is 1. The molecule has 1 saturated carbocycles. The van der Waals surface area contributed by atoms with E-state index < -0.39 is 23.4 Å². The number of carbonyl (C=O) groups excluding carboxylic acids is 4. The van der Waals surface area contributed by atoms with Crippen LogP contribution in [0.2, 0.25) is 5.02 Å². The molecule has 2 heterocycles. The Labute approximate surface area is 254 Å². The molecule has 232 valence electrons. The van der Waals surface area contributed by atoms with Gasteiger partial charge in [-0.2, -0.15) is 0 Å². The van der Waals surface area contributed by atoms with Gasteiger partial charge in [-0.05, 0) is 55.7 Å². The van der Waals surface area contributed by atoms with E-state index in [2.05, 4.69) is 12.2 Å². The van der Waals surface area contributed by atoms with E-state index in [0.29, 0.717) is 30.5 Å². The van der Waals surface area contributed by atoms with Gasteiger partial charge in [0.2, 0.25) is 17.7 Å². The maximum absolute atomic E-state index is 14.4. The summed E-state index contributed by atoms with van der Waals surface area (Å²) in [5.41, 5.74) is 11.6. The molecule has 1 aliphatic carbocycles. The van der Waals surface area contributed by atoms with Crippen LogP contribution in [0.3, 0.4) is 0 Å². The second kappa shape index (κ2) is 13.2. The number of amides is 5. The molecule has 3 fully saturated rings. The summed E-state index contributed by atoms with van der Waals surface area (Å²) in [6.07, 6.45) is 4.26. The molecule has 0 unspecified atom stereocenters. The fourth-order valence-corrected chi connectivity index (χ4v) is 6.98. The molecule has 0 aromatic heterocycles. The van der Waals surface area contributed by atoms with Crippen LogP contribution in [0.15, 0.2) is 24.3 Å². The zero-order valence-corrected chi connectivity index (χ0v) is 26.1. The maximum Gasteiger partial charge on any atom is 0.314 e. The average molecular weight is 603 g/mol. The van der Waals surface area contributed by atoms with Crippen LogP contribution < -0.4 is 16.8 Å². The van der Waals surface area contributed by atoms with Crippen LogP contribution in [0.1, 0.15) is 71.3 Å². The first-order valence-electron chi connectivity index (χ1n) is 15.2. The quantitative estimate of drug-likeness (QED) is 0.440. The second-order valence-corrected chi connectivity index (χ2v) is 13.8. The van der Waals surface area contributed by atoms with Crippen LogP contribution in [0.25, 0.3) is 0 Å². The van der Waals surface area contributed by atoms with Gasteiger partial charge >= 0.3 is 6.03 Å². The first-order chi connectivity index (χ1) is 19.8. The van der Waals surface area contributed by atoms with Crippen LogP contribution in [0, 0.1) is 17.3 Å². The van der Waals surface area contributed by atoms with Crippen molar-refractivity contribution in [3.05, 3.63) is 34.9 Å². The number of hydrogen-bond donors (Lipinski definition) is 3. The van der Waals surface area contributed by atoms with Crippen molar-refractivity contribution in [2.45, 2.75) is 83.8 Å². The van der Waals surface area contributed by atoms with Crippen LogP contribution >= 0.6 is 11.6 Å². The summed E-state index contributed by atoms with van der Waals surface area (Å²) >= 11 is 6.13. The molecule has 2 aliphatic heterocycles. The van der Waals surface area contributed by atoms with Crippen molar-refractivity contribution in [1.29, 1.82) is 0 Å². The third-order valence-corrected chi connectivity index (χ3v) is 9.46. The SMILES string of the molecule is CC1CCC(N(C(=O)C(C)(C)C)[C@H]2C[C@@H](C(=O)NCCN)N(C(=O)[C@@H]3CN(C(N)=O)C[C@H]3c3ccc(Cl)cc3)C2)CC1. The Morgan fingerprint density at radius 1 is 1.00 bits per heavy atom. The third kappa shape index (κ3) is 7.02. The van der Waals surface area contributed by atoms with Gasteiger partial charge in [0, 0.05) is 55.1 Å². The van der Waals surface area contributed by atoms with Gasteiger partial charge in [0.1, 0.15) is 6.04 Å². The minimum atomic E-state index is -0.750. The normalized spacial score (nSPS) is 28.0. The highest BCUT2D eigenvalue weighted by Gasteiger charge is 2.50. The Bertz CT molecular complexity index is 1150. The minimum Gasteiger partial charge on any atom is -0.353 e. The summed E-state index contributed by atoms with van der Waals surface area (Å²) in [5.74, 6) is -0.725. The Kier molecular flexibility index (Phi) is 10.1. The summed E-state index contributed by atoms with van der Waals surface area (Å²) in [5, 5.41) is 3.44. The van der Waals surface area contributed by atoms with Crippen molar-refractivity contribution in [2.75, 3.05) is 32.7 Å². The predicted molar refractivity (Wildman–Crippen MR) is 163 cm³/mol. The Hall–Kier alpha value is -2.85. The molecule has 5 N–H and O–H groups in total. The number of primary amides is 1. The van der Waals surface area contributed by atoms with Crippen molar-refractivity contribution in [3.63, 3.8) is 0 Å². The van der Waals surface area contributed by atoms with Gasteiger partial charge in [-0.1, -0.05) is 51.4 Å². The number of nitrogens with two attached hydrogens (primary N) is 2. The number of urea groups is 1. The van der Waals surface area contributed by atoms with Crippen molar-refractivity contribution in [3.8, 4) is 0 Å². The van der Waals surface area contributed by atoms with Crippen molar-refractivity contribution in [2.24, 2.45) is 28.7 Å². The van der Waals surface area contributed by atoms with Crippen LogP contribution in [0.5, 0.6) is 0 Å². The molecule has 0 bridgehead atoms. The van der Waals surface area contributed by atoms with Gasteiger partial charge in [0.05, 0.1) is 12.0 Å². The van der Waals surface area contributed by atoms with Gasteiger partial charge in [0.15, 0.2) is 0 Å². The molecule has 10 nitrogen and oxygen atoms in total. The lowest BCUT2D eigenvalue weighted by atomic mass is 9.84. The van der Waals surface area contributed by atoms with Crippen LogP contribution in [-0.2, 0) is 14.4 Å². The van der Waals surface area contributed by atoms with E-state index in [4.69, 9.17) is 23.1 Å². The lowest BCUT2D eigenvalue weighted by Gasteiger charge is -2.42. The van der Waals surface area contributed by atoms with E-state index in [9.17, 15) is 19.2 Å². The molecule has 0 radical (unpaired) electrons. The Morgan fingerprint density at radius 3 is 2.21 bits per heavy atom. The molecule has 2 saturated heterocycles. The lowest BCUT2D eigenvalue weighted by molar-refractivity contribution is -0.146. The largest absolute Gasteiger partial charge is 0.353 e. The first kappa shape index (κ1) is 32.1. The van der Waals surface area contributed by atoms with E-state index in [-0.39, 0.29) is 55.4 Å². The molecule has 3 aliphatic rings. The summed E-state index contributed by atoms with van der Waals surface area (Å²) in [7, 11) is 0. The van der Waals surface area contributed by atoms with Gasteiger partial charge in [-0.25, -0.2) is 4.79 Å². The number of rotatable bonds is 7. The molecular formula is C31H47ClN6O4. The standard InChI is InChI=1S/C31H47ClN6O4/c1-19-5-11-22(12-6-19)38(29(41)31(2,3)4)23-15-26(27(39)35-14-13-33)37(16-23)28(40)25-18-36(30(34)42)17-24(25)20-7-9-21(32)10-8-20/h7-10,19,22-26H,5-6,11-18,33H2,1-4H3,(H2,34,42)(H,35,39)/t19?,22?,23-,24-,25+,26-/m0/s1. The van der Waals surface area contributed by atoms with E-state index in [0.717, 1.165) is 31.2 Å². The fourth-order valence-electron chi connectivity index (χ4n) is 6.85. The van der Waals surface area contributed by atoms with Crippen LogP contribution in [-0.4, -0.2) is 89.3 Å². The highest BCUT2D eigenvalue weighted by atomic mass is 35.5. The fraction of sp³-hybridized carbons (Fsp3) is 0.677. The number of likely N-dealkylation sites (tertiary alicyclic amines) is 2. The van der Waals surface area contributed by atoms with Crippen molar-refractivity contribution < 1.29 is 19.2 Å². The molecule has 42 heavy (non-hydrogen) atoms. The zero-order valence-electron chi connectivity index (χ0n) is 25.4. The van der Waals surface area contributed by atoms with Gasteiger partial charge < -0.3 is 31.5 Å². The van der Waals surface area contributed by atoms with Crippen LogP contribution in [0.4, 0.5) is 4.79 Å². The molecular weight excluding hydrogens is 556 g/mol. The number of benzene rings is 1. The predicted octanol–water partition coefficient (Wildman–Crippen LogP) is 2.93. The molecule has 4 atom stereocenters. The molecule has 11 heteroatoms. The summed E-state index contributed by atoms with van der Waals surface area (Å²) in [4.78, 5) is 59.2. The van der Waals surface area contributed by atoms with Gasteiger partial charge in [-0.15, -0.1) is 0 Å². The van der Waals surface area contributed by atoms with Crippen molar-refractivity contribution in [1.82, 2.24) is 20.0 Å². The monoisotopic (exact) mass is 602 g/mol. The molecule has 1 aromatic carbocycles. The zero-order chi connectivity index (χ0) is 30.8. The smallest absolute Gasteiger partial charge is 0.314 e. The summed E-state index contributed by atoms with van der Waals surface area (Å²) in [6, 6.07) is 5.69. The first-order valence-corrected chi connectivity index (χ1v) is 15.6. The van der Waals surface area contributed by atoms with E-state index in [1.807, 2.05) is 37.8 Å². The third-order valence-electron chi connectivity index (χ3n) is 9.20. The number of nitrogens with zero attached hydrogens (tertiary/aromatic N) is 3. The van der Waals surface area contributed by atoms with E-state index in [1.54, 1.807) is 17.0 Å². The topological polar surface area (TPSA) is 142 Å². The summed E-state index contributed by atoms with van der Waals surface area (Å²) in [6.45, 7) is 9.29. The van der Waals surface area contributed by atoms with Gasteiger partial charge in [0.25, 0.3) is 0 Å². The molecule has 4 rings (SSSR count). The van der Waals surface area contributed by atoms with E-state index in [1.165, 1.54) is 4.90 Å². The number of carbonyl (C=O) groups is 4. The van der Waals surface area contributed by atoms with E-state index >= 15 is 0 Å².